The van der Waals surface area contributed by atoms with Gasteiger partial charge in [-0.2, -0.15) is 0 Å². The predicted octanol–water partition coefficient (Wildman–Crippen LogP) is 2.07. The Morgan fingerprint density at radius 3 is 2.57 bits per heavy atom. The van der Waals surface area contributed by atoms with Crippen molar-refractivity contribution in [3.05, 3.63) is 0 Å². The molecule has 2 fully saturated rings. The van der Waals surface area contributed by atoms with E-state index in [0.29, 0.717) is 12.1 Å². The molecule has 0 aromatic carbocycles. The molecule has 82 valence electrons. The van der Waals surface area contributed by atoms with Crippen LogP contribution in [0.5, 0.6) is 0 Å². The van der Waals surface area contributed by atoms with Crippen molar-refractivity contribution in [3.63, 3.8) is 0 Å². The largest absolute Gasteiger partial charge is 0.392 e. The number of hydrogen-bond donors (Lipinski definition) is 2. The summed E-state index contributed by atoms with van der Waals surface area (Å²) in [6.45, 7) is 2.25. The first kappa shape index (κ1) is 10.4. The van der Waals surface area contributed by atoms with E-state index in [9.17, 15) is 5.11 Å². The van der Waals surface area contributed by atoms with Crippen molar-refractivity contribution in [1.82, 2.24) is 5.32 Å². The maximum absolute atomic E-state index is 9.72. The molecule has 0 aliphatic heterocycles. The van der Waals surface area contributed by atoms with E-state index in [1.165, 1.54) is 38.5 Å². The van der Waals surface area contributed by atoms with Crippen LogP contribution in [0.3, 0.4) is 0 Å². The average Bonchev–Trinajstić information content (AvgIpc) is 2.90. The Bertz CT molecular complexity index is 179. The van der Waals surface area contributed by atoms with E-state index in [1.54, 1.807) is 0 Å². The maximum Gasteiger partial charge on any atom is 0.0693 e. The molecule has 2 aliphatic rings. The van der Waals surface area contributed by atoms with E-state index < -0.39 is 0 Å². The van der Waals surface area contributed by atoms with E-state index in [-0.39, 0.29) is 6.10 Å². The molecule has 2 saturated carbocycles. The van der Waals surface area contributed by atoms with Gasteiger partial charge in [-0.05, 0) is 38.0 Å². The molecule has 0 saturated heterocycles. The van der Waals surface area contributed by atoms with Crippen LogP contribution in [-0.2, 0) is 0 Å². The summed E-state index contributed by atoms with van der Waals surface area (Å²) >= 11 is 0. The second-order valence-electron chi connectivity index (χ2n) is 5.06. The molecule has 0 bridgehead atoms. The molecule has 0 amide bonds. The van der Waals surface area contributed by atoms with Crippen LogP contribution in [0.4, 0.5) is 0 Å². The third-order valence-corrected chi connectivity index (χ3v) is 3.74. The monoisotopic (exact) mass is 197 g/mol. The van der Waals surface area contributed by atoms with Gasteiger partial charge in [0.1, 0.15) is 0 Å². The van der Waals surface area contributed by atoms with Gasteiger partial charge in [0.25, 0.3) is 0 Å². The third kappa shape index (κ3) is 2.71. The molecule has 0 aromatic rings. The minimum Gasteiger partial charge on any atom is -0.392 e. The Morgan fingerprint density at radius 2 is 2.07 bits per heavy atom. The van der Waals surface area contributed by atoms with Crippen LogP contribution < -0.4 is 5.32 Å². The molecule has 2 rings (SSSR count). The molecule has 2 nitrogen and oxygen atoms in total. The van der Waals surface area contributed by atoms with Gasteiger partial charge in [-0.1, -0.05) is 19.8 Å². The van der Waals surface area contributed by atoms with Gasteiger partial charge in [0.15, 0.2) is 0 Å². The van der Waals surface area contributed by atoms with Crippen LogP contribution >= 0.6 is 0 Å². The van der Waals surface area contributed by atoms with Gasteiger partial charge < -0.3 is 10.4 Å². The first-order valence-corrected chi connectivity index (χ1v) is 6.23. The molecule has 0 spiro atoms. The van der Waals surface area contributed by atoms with Crippen molar-refractivity contribution >= 4 is 0 Å². The van der Waals surface area contributed by atoms with Crippen molar-refractivity contribution in [2.75, 3.05) is 0 Å². The predicted molar refractivity (Wildman–Crippen MR) is 58.2 cm³/mol. The van der Waals surface area contributed by atoms with Gasteiger partial charge in [-0.25, -0.2) is 0 Å². The molecule has 2 aliphatic carbocycles. The molecular weight excluding hydrogens is 174 g/mol. The number of nitrogens with one attached hydrogen (secondary N) is 1. The summed E-state index contributed by atoms with van der Waals surface area (Å²) < 4.78 is 0. The zero-order valence-corrected chi connectivity index (χ0v) is 9.21. The van der Waals surface area contributed by atoms with Crippen molar-refractivity contribution < 1.29 is 5.11 Å². The van der Waals surface area contributed by atoms with Gasteiger partial charge in [0.05, 0.1) is 6.10 Å². The van der Waals surface area contributed by atoms with Crippen molar-refractivity contribution in [2.45, 2.75) is 70.1 Å². The summed E-state index contributed by atoms with van der Waals surface area (Å²) in [5.41, 5.74) is 0. The lowest BCUT2D eigenvalue weighted by Crippen LogP contribution is -2.42. The Labute approximate surface area is 87.1 Å². The fraction of sp³-hybridized carbons (Fsp3) is 1.00. The van der Waals surface area contributed by atoms with E-state index in [2.05, 4.69) is 12.2 Å². The average molecular weight is 197 g/mol. The highest BCUT2D eigenvalue weighted by Crippen LogP contribution is 2.34. The summed E-state index contributed by atoms with van der Waals surface area (Å²) in [5, 5.41) is 13.4. The summed E-state index contributed by atoms with van der Waals surface area (Å²) in [6.07, 6.45) is 8.69. The molecule has 2 heteroatoms. The van der Waals surface area contributed by atoms with Crippen LogP contribution in [0.2, 0.25) is 0 Å². The second-order valence-corrected chi connectivity index (χ2v) is 5.06. The van der Waals surface area contributed by atoms with E-state index in [0.717, 1.165) is 12.3 Å². The lowest BCUT2D eigenvalue weighted by molar-refractivity contribution is 0.140. The van der Waals surface area contributed by atoms with E-state index >= 15 is 0 Å². The molecular formula is C12H23NO. The standard InChI is InChI=1S/C12H23NO/c1-2-10(8-9-6-7-9)13-11-4-3-5-12(11)14/h9-14H,2-8H2,1H3. The zero-order valence-electron chi connectivity index (χ0n) is 9.21. The quantitative estimate of drug-likeness (QED) is 0.707. The Morgan fingerprint density at radius 1 is 1.29 bits per heavy atom. The first-order valence-electron chi connectivity index (χ1n) is 6.23. The molecule has 3 atom stereocenters. The molecule has 0 radical (unpaired) electrons. The Hall–Kier alpha value is -0.0800. The highest BCUT2D eigenvalue weighted by molar-refractivity contribution is 4.87. The third-order valence-electron chi connectivity index (χ3n) is 3.74. The topological polar surface area (TPSA) is 32.3 Å². The first-order chi connectivity index (χ1) is 6.79. The second kappa shape index (κ2) is 4.63. The summed E-state index contributed by atoms with van der Waals surface area (Å²) in [4.78, 5) is 0. The highest BCUT2D eigenvalue weighted by atomic mass is 16.3. The minimum atomic E-state index is -0.0803. The highest BCUT2D eigenvalue weighted by Gasteiger charge is 2.29. The van der Waals surface area contributed by atoms with Crippen molar-refractivity contribution in [3.8, 4) is 0 Å². The van der Waals surface area contributed by atoms with Gasteiger partial charge in [-0.15, -0.1) is 0 Å². The number of hydrogen-bond acceptors (Lipinski definition) is 2. The Balaban J connectivity index is 1.74. The van der Waals surface area contributed by atoms with Gasteiger partial charge in [0, 0.05) is 12.1 Å². The summed E-state index contributed by atoms with van der Waals surface area (Å²) in [7, 11) is 0. The lowest BCUT2D eigenvalue weighted by Gasteiger charge is -2.24. The number of aliphatic hydroxyl groups is 1. The van der Waals surface area contributed by atoms with Crippen LogP contribution in [0, 0.1) is 5.92 Å². The fourth-order valence-corrected chi connectivity index (χ4v) is 2.55. The molecule has 0 heterocycles. The van der Waals surface area contributed by atoms with Crippen molar-refractivity contribution in [1.29, 1.82) is 0 Å². The van der Waals surface area contributed by atoms with Crippen LogP contribution in [0.15, 0.2) is 0 Å². The van der Waals surface area contributed by atoms with E-state index in [4.69, 9.17) is 0 Å². The number of aliphatic hydroxyl groups excluding tert-OH is 1. The number of rotatable bonds is 5. The zero-order chi connectivity index (χ0) is 9.97. The van der Waals surface area contributed by atoms with Crippen LogP contribution in [0.25, 0.3) is 0 Å². The molecule has 14 heavy (non-hydrogen) atoms. The Kier molecular flexibility index (Phi) is 3.45. The van der Waals surface area contributed by atoms with Gasteiger partial charge in [0.2, 0.25) is 0 Å². The minimum absolute atomic E-state index is 0.0803. The normalized spacial score (nSPS) is 34.7. The molecule has 3 unspecified atom stereocenters. The van der Waals surface area contributed by atoms with E-state index in [1.807, 2.05) is 0 Å². The van der Waals surface area contributed by atoms with Gasteiger partial charge >= 0.3 is 0 Å². The summed E-state index contributed by atoms with van der Waals surface area (Å²) in [5.74, 6) is 0.992. The van der Waals surface area contributed by atoms with Crippen LogP contribution in [-0.4, -0.2) is 23.3 Å². The fourth-order valence-electron chi connectivity index (χ4n) is 2.55. The smallest absolute Gasteiger partial charge is 0.0693 e. The van der Waals surface area contributed by atoms with Crippen LogP contribution in [0.1, 0.15) is 51.9 Å². The molecule has 0 aromatic heterocycles. The maximum atomic E-state index is 9.72. The lowest BCUT2D eigenvalue weighted by atomic mass is 10.1. The molecule has 2 N–H and O–H groups in total. The summed E-state index contributed by atoms with van der Waals surface area (Å²) in [6, 6.07) is 1.04. The van der Waals surface area contributed by atoms with Gasteiger partial charge in [-0.3, -0.25) is 0 Å². The van der Waals surface area contributed by atoms with Crippen molar-refractivity contribution in [2.24, 2.45) is 5.92 Å². The SMILES string of the molecule is CCC(CC1CC1)NC1CCCC1O.